The molecule has 6 heteroatoms. The standard InChI is InChI=1S/C16H19F2N3S/c1-22-9-7-14-12-4-2-3-8-19-16(12)21(20-14)15-6-5-11(17)10-13(15)18/h5-6,10,19H,2-4,7-9H2,1H3. The number of aromatic nitrogens is 2. The molecule has 0 bridgehead atoms. The molecule has 2 aromatic rings. The Labute approximate surface area is 133 Å². The van der Waals surface area contributed by atoms with Gasteiger partial charge in [-0.2, -0.15) is 16.9 Å². The molecule has 0 amide bonds. The van der Waals surface area contributed by atoms with Crippen LogP contribution >= 0.6 is 11.8 Å². The van der Waals surface area contributed by atoms with Crippen LogP contribution in [0.1, 0.15) is 24.1 Å². The van der Waals surface area contributed by atoms with Crippen molar-refractivity contribution in [3.63, 3.8) is 0 Å². The Morgan fingerprint density at radius 1 is 1.32 bits per heavy atom. The molecule has 0 radical (unpaired) electrons. The number of benzene rings is 1. The summed E-state index contributed by atoms with van der Waals surface area (Å²) >= 11 is 1.77. The molecule has 118 valence electrons. The van der Waals surface area contributed by atoms with E-state index in [-0.39, 0.29) is 0 Å². The van der Waals surface area contributed by atoms with Gasteiger partial charge in [0, 0.05) is 24.6 Å². The highest BCUT2D eigenvalue weighted by Crippen LogP contribution is 2.29. The Kier molecular flexibility index (Phi) is 4.66. The topological polar surface area (TPSA) is 29.9 Å². The van der Waals surface area contributed by atoms with Gasteiger partial charge in [-0.25, -0.2) is 13.5 Å². The minimum Gasteiger partial charge on any atom is -0.370 e. The number of thioether (sulfide) groups is 1. The van der Waals surface area contributed by atoms with E-state index in [2.05, 4.69) is 16.7 Å². The van der Waals surface area contributed by atoms with Gasteiger partial charge in [0.2, 0.25) is 0 Å². The van der Waals surface area contributed by atoms with Crippen LogP contribution < -0.4 is 5.32 Å². The molecule has 1 aromatic heterocycles. The summed E-state index contributed by atoms with van der Waals surface area (Å²) in [5.41, 5.74) is 2.49. The minimum absolute atomic E-state index is 0.294. The van der Waals surface area contributed by atoms with Crippen molar-refractivity contribution < 1.29 is 8.78 Å². The largest absolute Gasteiger partial charge is 0.370 e. The molecule has 0 aliphatic carbocycles. The molecule has 1 aliphatic rings. The normalized spacial score (nSPS) is 14.3. The summed E-state index contributed by atoms with van der Waals surface area (Å²) in [6, 6.07) is 3.62. The lowest BCUT2D eigenvalue weighted by Crippen LogP contribution is -2.08. The van der Waals surface area contributed by atoms with Crippen molar-refractivity contribution in [2.24, 2.45) is 0 Å². The van der Waals surface area contributed by atoms with Crippen LogP contribution in [0.15, 0.2) is 18.2 Å². The fourth-order valence-electron chi connectivity index (χ4n) is 2.80. The first kappa shape index (κ1) is 15.3. The number of fused-ring (bicyclic) bond motifs is 1. The van der Waals surface area contributed by atoms with Gasteiger partial charge in [0.05, 0.1) is 5.69 Å². The van der Waals surface area contributed by atoms with E-state index in [1.165, 1.54) is 17.7 Å². The highest BCUT2D eigenvalue weighted by Gasteiger charge is 2.21. The third-order valence-electron chi connectivity index (χ3n) is 3.89. The van der Waals surface area contributed by atoms with Crippen LogP contribution in [0.3, 0.4) is 0 Å². The van der Waals surface area contributed by atoms with Crippen LogP contribution in [-0.4, -0.2) is 28.3 Å². The second-order valence-corrected chi connectivity index (χ2v) is 6.39. The van der Waals surface area contributed by atoms with E-state index < -0.39 is 11.6 Å². The van der Waals surface area contributed by atoms with Gasteiger partial charge in [0.1, 0.15) is 17.3 Å². The van der Waals surface area contributed by atoms with Gasteiger partial charge < -0.3 is 5.32 Å². The summed E-state index contributed by atoms with van der Waals surface area (Å²) in [5.74, 6) is 0.678. The van der Waals surface area contributed by atoms with Gasteiger partial charge >= 0.3 is 0 Å². The number of anilines is 1. The maximum absolute atomic E-state index is 14.1. The first-order chi connectivity index (χ1) is 10.7. The zero-order valence-corrected chi connectivity index (χ0v) is 13.3. The Morgan fingerprint density at radius 3 is 2.95 bits per heavy atom. The van der Waals surface area contributed by atoms with Gasteiger partial charge in [-0.3, -0.25) is 0 Å². The number of rotatable bonds is 4. The Hall–Kier alpha value is -1.56. The summed E-state index contributed by atoms with van der Waals surface area (Å²) < 4.78 is 28.9. The molecule has 0 atom stereocenters. The fourth-order valence-corrected chi connectivity index (χ4v) is 3.20. The van der Waals surface area contributed by atoms with Crippen LogP contribution in [0.2, 0.25) is 0 Å². The van der Waals surface area contributed by atoms with E-state index in [4.69, 9.17) is 0 Å². The third-order valence-corrected chi connectivity index (χ3v) is 4.51. The SMILES string of the molecule is CSCCc1nn(-c2ccc(F)cc2F)c2c1CCCCN2. The van der Waals surface area contributed by atoms with Gasteiger partial charge in [0.25, 0.3) is 0 Å². The monoisotopic (exact) mass is 323 g/mol. The Balaban J connectivity index is 2.08. The van der Waals surface area contributed by atoms with Crippen LogP contribution in [0.5, 0.6) is 0 Å². The predicted molar refractivity (Wildman–Crippen MR) is 87.0 cm³/mol. The number of hydrogen-bond donors (Lipinski definition) is 1. The first-order valence-electron chi connectivity index (χ1n) is 7.49. The molecular formula is C16H19F2N3S. The molecule has 0 saturated heterocycles. The van der Waals surface area contributed by atoms with Gasteiger partial charge in [0.15, 0.2) is 5.82 Å². The van der Waals surface area contributed by atoms with Crippen LogP contribution in [-0.2, 0) is 12.8 Å². The average molecular weight is 323 g/mol. The number of nitrogens with zero attached hydrogens (tertiary/aromatic N) is 2. The van der Waals surface area contributed by atoms with E-state index in [1.807, 2.05) is 0 Å². The molecule has 1 aromatic carbocycles. The maximum atomic E-state index is 14.1. The smallest absolute Gasteiger partial charge is 0.151 e. The summed E-state index contributed by atoms with van der Waals surface area (Å²) in [4.78, 5) is 0. The molecule has 1 N–H and O–H groups in total. The van der Waals surface area contributed by atoms with Crippen molar-refractivity contribution in [2.45, 2.75) is 25.7 Å². The number of halogens is 2. The zero-order chi connectivity index (χ0) is 15.5. The number of hydrogen-bond acceptors (Lipinski definition) is 3. The predicted octanol–water partition coefficient (Wildman–Crippen LogP) is 3.80. The quantitative estimate of drug-likeness (QED) is 0.928. The average Bonchev–Trinajstić information content (AvgIpc) is 2.68. The van der Waals surface area contributed by atoms with E-state index >= 15 is 0 Å². The summed E-state index contributed by atoms with van der Waals surface area (Å²) in [5, 5.41) is 7.97. The van der Waals surface area contributed by atoms with Crippen LogP contribution in [0.25, 0.3) is 5.69 Å². The molecule has 2 heterocycles. The lowest BCUT2D eigenvalue weighted by Gasteiger charge is -2.10. The highest BCUT2D eigenvalue weighted by atomic mass is 32.2. The number of aryl methyl sites for hydroxylation is 1. The first-order valence-corrected chi connectivity index (χ1v) is 8.89. The molecule has 1 aliphatic heterocycles. The second-order valence-electron chi connectivity index (χ2n) is 5.41. The van der Waals surface area contributed by atoms with Crippen LogP contribution in [0, 0.1) is 11.6 Å². The maximum Gasteiger partial charge on any atom is 0.151 e. The lowest BCUT2D eigenvalue weighted by molar-refractivity contribution is 0.573. The Morgan fingerprint density at radius 2 is 2.18 bits per heavy atom. The van der Waals surface area contributed by atoms with E-state index in [9.17, 15) is 8.78 Å². The van der Waals surface area contributed by atoms with Crippen molar-refractivity contribution in [1.29, 1.82) is 0 Å². The van der Waals surface area contributed by atoms with Crippen molar-refractivity contribution in [2.75, 3.05) is 23.9 Å². The fraction of sp³-hybridized carbons (Fsp3) is 0.438. The second kappa shape index (κ2) is 6.69. The summed E-state index contributed by atoms with van der Waals surface area (Å²) in [7, 11) is 0. The van der Waals surface area contributed by atoms with Crippen molar-refractivity contribution in [3.8, 4) is 5.69 Å². The summed E-state index contributed by atoms with van der Waals surface area (Å²) in [6.07, 6.45) is 6.07. The molecule has 3 nitrogen and oxygen atoms in total. The molecule has 3 rings (SSSR count). The van der Waals surface area contributed by atoms with Gasteiger partial charge in [-0.05, 0) is 43.4 Å². The molecule has 0 saturated carbocycles. The third kappa shape index (κ3) is 2.97. The number of nitrogens with one attached hydrogen (secondary N) is 1. The highest BCUT2D eigenvalue weighted by molar-refractivity contribution is 7.98. The lowest BCUT2D eigenvalue weighted by atomic mass is 10.1. The van der Waals surface area contributed by atoms with Crippen molar-refractivity contribution in [1.82, 2.24) is 9.78 Å². The van der Waals surface area contributed by atoms with E-state index in [0.29, 0.717) is 5.69 Å². The molecule has 22 heavy (non-hydrogen) atoms. The molecule has 0 fully saturated rings. The summed E-state index contributed by atoms with van der Waals surface area (Å²) in [6.45, 7) is 0.851. The molecule has 0 unspecified atom stereocenters. The van der Waals surface area contributed by atoms with Gasteiger partial charge in [-0.15, -0.1) is 0 Å². The van der Waals surface area contributed by atoms with Crippen molar-refractivity contribution in [3.05, 3.63) is 41.1 Å². The van der Waals surface area contributed by atoms with E-state index in [1.54, 1.807) is 16.4 Å². The van der Waals surface area contributed by atoms with Crippen LogP contribution in [0.4, 0.5) is 14.6 Å². The zero-order valence-electron chi connectivity index (χ0n) is 12.5. The molecule has 0 spiro atoms. The van der Waals surface area contributed by atoms with Gasteiger partial charge in [-0.1, -0.05) is 0 Å². The molecular weight excluding hydrogens is 304 g/mol. The van der Waals surface area contributed by atoms with Crippen molar-refractivity contribution >= 4 is 17.6 Å². The minimum atomic E-state index is -0.590. The van der Waals surface area contributed by atoms with E-state index in [0.717, 1.165) is 55.6 Å². The Bertz CT molecular complexity index is 670.